The van der Waals surface area contributed by atoms with E-state index in [1.807, 2.05) is 0 Å². The Morgan fingerprint density at radius 1 is 0.711 bits per heavy atom. The predicted octanol–water partition coefficient (Wildman–Crippen LogP) is 3.73. The SMILES string of the molecule is CC(C)(C)OC(=O)NCCNc1ccc(NCCNC(=O)OC(C)(C)C)c2c1C(=O)c1ccncc1C2=O. The number of nitrogens with one attached hydrogen (secondary N) is 4. The van der Waals surface area contributed by atoms with Crippen LogP contribution < -0.4 is 21.3 Å². The van der Waals surface area contributed by atoms with Gasteiger partial charge in [0.25, 0.3) is 0 Å². The van der Waals surface area contributed by atoms with Gasteiger partial charge in [0, 0.05) is 55.5 Å². The molecule has 1 heterocycles. The van der Waals surface area contributed by atoms with E-state index in [0.29, 0.717) is 24.5 Å². The molecule has 1 aliphatic carbocycles. The number of benzene rings is 1. The molecule has 1 aromatic carbocycles. The van der Waals surface area contributed by atoms with Gasteiger partial charge in [-0.15, -0.1) is 0 Å². The molecule has 1 aliphatic rings. The molecule has 0 saturated carbocycles. The third-order valence-electron chi connectivity index (χ3n) is 5.19. The Morgan fingerprint density at radius 3 is 1.61 bits per heavy atom. The van der Waals surface area contributed by atoms with Crippen molar-refractivity contribution in [3.8, 4) is 0 Å². The fourth-order valence-electron chi connectivity index (χ4n) is 3.76. The summed E-state index contributed by atoms with van der Waals surface area (Å²) in [5, 5.41) is 11.6. The number of alkyl carbamates (subject to hydrolysis) is 2. The summed E-state index contributed by atoms with van der Waals surface area (Å²) in [5.74, 6) is -0.643. The molecule has 0 bridgehead atoms. The second kappa shape index (κ2) is 11.5. The van der Waals surface area contributed by atoms with Crippen molar-refractivity contribution in [1.82, 2.24) is 15.6 Å². The first kappa shape index (κ1) is 28.4. The Kier molecular flexibility index (Phi) is 8.60. The molecule has 0 saturated heterocycles. The zero-order chi connectivity index (χ0) is 28.1. The van der Waals surface area contributed by atoms with E-state index in [9.17, 15) is 19.2 Å². The van der Waals surface area contributed by atoms with Crippen LogP contribution in [0.15, 0.2) is 30.6 Å². The molecule has 0 spiro atoms. The van der Waals surface area contributed by atoms with E-state index in [1.54, 1.807) is 53.7 Å². The Balaban J connectivity index is 1.76. The third-order valence-corrected chi connectivity index (χ3v) is 5.19. The van der Waals surface area contributed by atoms with Crippen molar-refractivity contribution in [2.75, 3.05) is 36.8 Å². The second-order valence-corrected chi connectivity index (χ2v) is 10.7. The largest absolute Gasteiger partial charge is 0.444 e. The monoisotopic (exact) mass is 525 g/mol. The number of anilines is 2. The Hall–Kier alpha value is -4.15. The molecular formula is C27H35N5O6. The van der Waals surface area contributed by atoms with Crippen LogP contribution in [0.1, 0.15) is 73.4 Å². The van der Waals surface area contributed by atoms with Gasteiger partial charge >= 0.3 is 12.2 Å². The molecule has 0 aliphatic heterocycles. The van der Waals surface area contributed by atoms with Crippen molar-refractivity contribution >= 4 is 35.1 Å². The average molecular weight is 526 g/mol. The number of hydrogen-bond donors (Lipinski definition) is 4. The zero-order valence-corrected chi connectivity index (χ0v) is 22.6. The zero-order valence-electron chi connectivity index (χ0n) is 22.6. The van der Waals surface area contributed by atoms with Crippen molar-refractivity contribution in [3.63, 3.8) is 0 Å². The van der Waals surface area contributed by atoms with Crippen LogP contribution in [0.2, 0.25) is 0 Å². The van der Waals surface area contributed by atoms with Crippen molar-refractivity contribution in [3.05, 3.63) is 52.8 Å². The first-order valence-electron chi connectivity index (χ1n) is 12.4. The summed E-state index contributed by atoms with van der Waals surface area (Å²) in [6.45, 7) is 11.7. The van der Waals surface area contributed by atoms with E-state index in [0.717, 1.165) is 0 Å². The number of fused-ring (bicyclic) bond motifs is 2. The van der Waals surface area contributed by atoms with E-state index in [1.165, 1.54) is 18.5 Å². The highest BCUT2D eigenvalue weighted by Gasteiger charge is 2.34. The van der Waals surface area contributed by atoms with Crippen molar-refractivity contribution in [1.29, 1.82) is 0 Å². The van der Waals surface area contributed by atoms with Gasteiger partial charge in [0.2, 0.25) is 0 Å². The molecule has 11 nitrogen and oxygen atoms in total. The predicted molar refractivity (Wildman–Crippen MR) is 143 cm³/mol. The Morgan fingerprint density at radius 2 is 1.16 bits per heavy atom. The van der Waals surface area contributed by atoms with E-state index in [4.69, 9.17) is 9.47 Å². The first-order chi connectivity index (χ1) is 17.8. The van der Waals surface area contributed by atoms with E-state index >= 15 is 0 Å². The van der Waals surface area contributed by atoms with Crippen LogP contribution in [-0.2, 0) is 9.47 Å². The van der Waals surface area contributed by atoms with Gasteiger partial charge in [-0.05, 0) is 59.7 Å². The lowest BCUT2D eigenvalue weighted by Gasteiger charge is -2.24. The maximum atomic E-state index is 13.5. The maximum Gasteiger partial charge on any atom is 0.407 e. The van der Waals surface area contributed by atoms with Crippen LogP contribution >= 0.6 is 0 Å². The maximum absolute atomic E-state index is 13.5. The molecule has 0 radical (unpaired) electrons. The van der Waals surface area contributed by atoms with Crippen LogP contribution in [-0.4, -0.2) is 66.1 Å². The lowest BCUT2D eigenvalue weighted by molar-refractivity contribution is 0.0518. The van der Waals surface area contributed by atoms with Crippen molar-refractivity contribution in [2.45, 2.75) is 52.7 Å². The van der Waals surface area contributed by atoms with Crippen molar-refractivity contribution < 1.29 is 28.7 Å². The summed E-state index contributed by atoms with van der Waals surface area (Å²) in [4.78, 5) is 54.7. The average Bonchev–Trinajstić information content (AvgIpc) is 2.81. The van der Waals surface area contributed by atoms with E-state index in [2.05, 4.69) is 26.3 Å². The van der Waals surface area contributed by atoms with Gasteiger partial charge in [-0.2, -0.15) is 0 Å². The summed E-state index contributed by atoms with van der Waals surface area (Å²) in [6.07, 6.45) is 1.76. The smallest absolute Gasteiger partial charge is 0.407 e. The molecular weight excluding hydrogens is 490 g/mol. The van der Waals surface area contributed by atoms with Crippen molar-refractivity contribution in [2.24, 2.45) is 0 Å². The number of amides is 2. The quantitative estimate of drug-likeness (QED) is 0.323. The minimum absolute atomic E-state index is 0.220. The third kappa shape index (κ3) is 7.44. The normalized spacial score (nSPS) is 12.7. The first-order valence-corrected chi connectivity index (χ1v) is 12.4. The lowest BCUT2D eigenvalue weighted by atomic mass is 9.83. The number of hydrogen-bond acceptors (Lipinski definition) is 9. The molecule has 0 fully saturated rings. The number of pyridine rings is 1. The summed E-state index contributed by atoms with van der Waals surface area (Å²) < 4.78 is 10.5. The van der Waals surface area contributed by atoms with Gasteiger partial charge in [0.1, 0.15) is 11.2 Å². The summed E-state index contributed by atoms with van der Waals surface area (Å²) >= 11 is 0. The van der Waals surface area contributed by atoms with Crippen LogP contribution in [0.4, 0.5) is 21.0 Å². The number of carbonyl (C=O) groups excluding carboxylic acids is 4. The Bertz CT molecular complexity index is 1140. The fraction of sp³-hybridized carbons (Fsp3) is 0.444. The number of aromatic nitrogens is 1. The highest BCUT2D eigenvalue weighted by Crippen LogP contribution is 2.36. The van der Waals surface area contributed by atoms with Gasteiger partial charge in [0.05, 0.1) is 16.7 Å². The highest BCUT2D eigenvalue weighted by molar-refractivity contribution is 6.31. The van der Waals surface area contributed by atoms with Gasteiger partial charge < -0.3 is 30.7 Å². The standard InChI is InChI=1S/C27H35N5O6/c1-26(2,3)37-24(35)31-13-11-29-18-7-8-19(30-12-14-32-25(36)38-27(4,5)6)21-20(18)22(33)16-9-10-28-15-17(16)23(21)34/h7-10,15,29-30H,11-14H2,1-6H3,(H,31,35)(H,32,36). The summed E-state index contributed by atoms with van der Waals surface area (Å²) in [6, 6.07) is 4.92. The minimum atomic E-state index is -0.615. The topological polar surface area (TPSA) is 148 Å². The van der Waals surface area contributed by atoms with E-state index in [-0.39, 0.29) is 46.9 Å². The molecule has 2 aromatic rings. The number of ketones is 2. The number of carbonyl (C=O) groups is 4. The lowest BCUT2D eigenvalue weighted by Crippen LogP contribution is -2.35. The van der Waals surface area contributed by atoms with Gasteiger partial charge in [0.15, 0.2) is 11.6 Å². The van der Waals surface area contributed by atoms with E-state index < -0.39 is 23.4 Å². The van der Waals surface area contributed by atoms with Gasteiger partial charge in [-0.1, -0.05) is 0 Å². The molecule has 1 aromatic heterocycles. The summed E-state index contributed by atoms with van der Waals surface area (Å²) in [5.41, 5.74) is 0.640. The fourth-order valence-corrected chi connectivity index (χ4v) is 3.76. The second-order valence-electron chi connectivity index (χ2n) is 10.7. The molecule has 11 heteroatoms. The van der Waals surface area contributed by atoms with Crippen LogP contribution in [0, 0.1) is 0 Å². The number of nitrogens with zero attached hydrogens (tertiary/aromatic N) is 1. The van der Waals surface area contributed by atoms with Crippen LogP contribution in [0.5, 0.6) is 0 Å². The number of ether oxygens (including phenoxy) is 2. The molecule has 0 unspecified atom stereocenters. The molecule has 4 N–H and O–H groups in total. The molecule has 204 valence electrons. The molecule has 38 heavy (non-hydrogen) atoms. The number of rotatable bonds is 8. The van der Waals surface area contributed by atoms with Crippen LogP contribution in [0.3, 0.4) is 0 Å². The van der Waals surface area contributed by atoms with Gasteiger partial charge in [-0.25, -0.2) is 9.59 Å². The Labute approximate surface area is 222 Å². The highest BCUT2D eigenvalue weighted by atomic mass is 16.6. The van der Waals surface area contributed by atoms with Crippen LogP contribution in [0.25, 0.3) is 0 Å². The minimum Gasteiger partial charge on any atom is -0.444 e. The molecule has 0 atom stereocenters. The molecule has 3 rings (SSSR count). The molecule has 2 amide bonds. The summed E-state index contributed by atoms with van der Waals surface area (Å²) in [7, 11) is 0. The van der Waals surface area contributed by atoms with Gasteiger partial charge in [-0.3, -0.25) is 14.6 Å².